The fourth-order valence-electron chi connectivity index (χ4n) is 2.16. The Morgan fingerprint density at radius 3 is 1.25 bits per heavy atom. The van der Waals surface area contributed by atoms with E-state index in [2.05, 4.69) is 54.6 Å². The van der Waals surface area contributed by atoms with Crippen molar-refractivity contribution in [2.75, 3.05) is 6.61 Å². The maximum absolute atomic E-state index is 8.76. The first-order valence-electron chi connectivity index (χ1n) is 6.69. The van der Waals surface area contributed by atoms with Crippen LogP contribution < -0.4 is 0 Å². The van der Waals surface area contributed by atoms with E-state index in [-0.39, 0.29) is 23.7 Å². The van der Waals surface area contributed by atoms with Gasteiger partial charge in [0, 0.05) is 5.66 Å². The molecule has 2 aliphatic rings. The Bertz CT molecular complexity index is 229. The van der Waals surface area contributed by atoms with Crippen molar-refractivity contribution in [3.8, 4) is 0 Å². The fraction of sp³-hybridized carbons (Fsp3) is 0.471. The van der Waals surface area contributed by atoms with Crippen LogP contribution >= 0.6 is 8.58 Å². The largest absolute Gasteiger partial charge is 2.00 e. The summed E-state index contributed by atoms with van der Waals surface area (Å²) in [5.41, 5.74) is 1.15. The third-order valence-electron chi connectivity index (χ3n) is 4.40. The second kappa shape index (κ2) is 9.14. The molecule has 1 saturated carbocycles. The molecular formula is C17H25FeOP+2. The predicted molar refractivity (Wildman–Crippen MR) is 84.0 cm³/mol. The number of aliphatic hydroxyl groups excluding tert-OH is 1. The summed E-state index contributed by atoms with van der Waals surface area (Å²) < 4.78 is 0. The van der Waals surface area contributed by atoms with Crippen molar-refractivity contribution in [1.82, 2.24) is 0 Å². The number of aliphatic hydroxyl groups is 1. The van der Waals surface area contributed by atoms with Gasteiger partial charge in [0.05, 0.1) is 6.61 Å². The fourth-order valence-corrected chi connectivity index (χ4v) is 3.16. The van der Waals surface area contributed by atoms with Gasteiger partial charge in [-0.2, -0.15) is 0 Å². The Kier molecular flexibility index (Phi) is 9.55. The molecule has 1 aliphatic heterocycles. The molecule has 2 fully saturated rings. The van der Waals surface area contributed by atoms with E-state index in [0.717, 1.165) is 5.66 Å². The third-order valence-corrected chi connectivity index (χ3v) is 5.71. The summed E-state index contributed by atoms with van der Waals surface area (Å²) in [6.07, 6.45) is 2.13. The second-order valence-electron chi connectivity index (χ2n) is 5.30. The van der Waals surface area contributed by atoms with Crippen LogP contribution in [0.15, 0.2) is 0 Å². The van der Waals surface area contributed by atoms with Crippen LogP contribution in [0.5, 0.6) is 0 Å². The summed E-state index contributed by atoms with van der Waals surface area (Å²) in [6, 6.07) is 0. The molecular weight excluding hydrogens is 307 g/mol. The summed E-state index contributed by atoms with van der Waals surface area (Å²) in [5.74, 6) is 9.91. The molecule has 0 atom stereocenters. The molecule has 0 aromatic heterocycles. The van der Waals surface area contributed by atoms with E-state index in [4.69, 9.17) is 5.11 Å². The van der Waals surface area contributed by atoms with Crippen molar-refractivity contribution in [2.24, 2.45) is 0 Å². The van der Waals surface area contributed by atoms with Gasteiger partial charge >= 0.3 is 17.1 Å². The molecule has 0 aromatic rings. The van der Waals surface area contributed by atoms with Crippen LogP contribution in [0.2, 0.25) is 0 Å². The van der Waals surface area contributed by atoms with Crippen molar-refractivity contribution >= 4 is 8.58 Å². The van der Waals surface area contributed by atoms with Gasteiger partial charge in [-0.3, -0.25) is 0 Å². The topological polar surface area (TPSA) is 20.2 Å². The van der Waals surface area contributed by atoms with E-state index in [1.807, 2.05) is 0 Å². The maximum Gasteiger partial charge on any atom is 2.00 e. The molecule has 3 heteroatoms. The van der Waals surface area contributed by atoms with Gasteiger partial charge in [0.2, 0.25) is 0 Å². The number of rotatable bonds is 1. The van der Waals surface area contributed by atoms with Crippen molar-refractivity contribution in [3.63, 3.8) is 0 Å². The molecule has 1 saturated heterocycles. The predicted octanol–water partition coefficient (Wildman–Crippen LogP) is 4.79. The van der Waals surface area contributed by atoms with Crippen LogP contribution in [0.1, 0.15) is 48.5 Å². The second-order valence-corrected chi connectivity index (χ2v) is 6.35. The average Bonchev–Trinajstić information content (AvgIpc) is 2.81. The van der Waals surface area contributed by atoms with Crippen LogP contribution in [-0.4, -0.2) is 11.7 Å². The first kappa shape index (κ1) is 20.9. The molecule has 1 aliphatic carbocycles. The van der Waals surface area contributed by atoms with Gasteiger partial charge in [0.15, 0.2) is 0 Å². The molecule has 110 valence electrons. The van der Waals surface area contributed by atoms with Gasteiger partial charge in [-0.05, 0) is 47.6 Å². The molecule has 1 nitrogen and oxygen atoms in total. The van der Waals surface area contributed by atoms with Gasteiger partial charge in [-0.15, -0.1) is 0 Å². The van der Waals surface area contributed by atoms with Crippen LogP contribution in [0.3, 0.4) is 0 Å². The Hall–Kier alpha value is 0.909. The van der Waals surface area contributed by atoms with Crippen LogP contribution in [0, 0.1) is 53.2 Å². The van der Waals surface area contributed by atoms with Crippen molar-refractivity contribution < 1.29 is 22.2 Å². The molecule has 1 heterocycles. The van der Waals surface area contributed by atoms with E-state index in [1.54, 1.807) is 0 Å². The van der Waals surface area contributed by atoms with Gasteiger partial charge in [0.25, 0.3) is 0 Å². The molecule has 0 amide bonds. The summed E-state index contributed by atoms with van der Waals surface area (Å²) in [7, 11) is 1.18. The minimum atomic E-state index is 0. The smallest absolute Gasteiger partial charge is 0.395 e. The first-order chi connectivity index (χ1) is 8.81. The molecule has 10 radical (unpaired) electrons. The van der Waals surface area contributed by atoms with Crippen LogP contribution in [0.25, 0.3) is 0 Å². The standard InChI is InChI=1S/C10H15.C7H10OP.Fe/c1-6-7(2)9(4)10(5)8(6)3;1-5-4-9-7(3-8)6(5)2;/h1-5H3;4,8H,3H2,1-2H3;/q;;+2. The van der Waals surface area contributed by atoms with E-state index in [9.17, 15) is 0 Å². The molecule has 2 rings (SSSR count). The monoisotopic (exact) mass is 332 g/mol. The quantitative estimate of drug-likeness (QED) is 0.541. The van der Waals surface area contributed by atoms with Crippen molar-refractivity contribution in [3.05, 3.63) is 53.2 Å². The summed E-state index contributed by atoms with van der Waals surface area (Å²) >= 11 is 0. The average molecular weight is 332 g/mol. The van der Waals surface area contributed by atoms with E-state index < -0.39 is 0 Å². The van der Waals surface area contributed by atoms with Crippen molar-refractivity contribution in [1.29, 1.82) is 0 Å². The minimum absolute atomic E-state index is 0. The molecule has 0 unspecified atom stereocenters. The van der Waals surface area contributed by atoms with E-state index >= 15 is 0 Å². The Balaban J connectivity index is 0.000000345. The van der Waals surface area contributed by atoms with Gasteiger partial charge < -0.3 is 5.11 Å². The molecule has 0 aromatic carbocycles. The number of hydrogen-bond donors (Lipinski definition) is 1. The first-order valence-corrected chi connectivity index (χ1v) is 7.65. The number of hydrogen-bond acceptors (Lipinski definition) is 1. The van der Waals surface area contributed by atoms with Crippen LogP contribution in [-0.2, 0) is 17.1 Å². The normalized spacial score (nSPS) is 27.0. The SMILES string of the molecule is C[C]1[CH][P][C](CO)[C]1C.C[C]1[C](C)[C](C)[C](C)[C]1C.[Fe+2]. The maximum atomic E-state index is 8.76. The van der Waals surface area contributed by atoms with E-state index in [0.29, 0.717) is 0 Å². The van der Waals surface area contributed by atoms with E-state index in [1.165, 1.54) is 50.0 Å². The van der Waals surface area contributed by atoms with Gasteiger partial charge in [-0.1, -0.05) is 57.0 Å². The zero-order valence-electron chi connectivity index (χ0n) is 13.5. The third kappa shape index (κ3) is 4.70. The zero-order valence-corrected chi connectivity index (χ0v) is 15.5. The van der Waals surface area contributed by atoms with Gasteiger partial charge in [-0.25, -0.2) is 0 Å². The summed E-state index contributed by atoms with van der Waals surface area (Å²) in [4.78, 5) is 0. The minimum Gasteiger partial charge on any atom is -0.395 e. The molecule has 20 heavy (non-hydrogen) atoms. The Labute approximate surface area is 139 Å². The molecule has 0 spiro atoms. The van der Waals surface area contributed by atoms with Crippen molar-refractivity contribution in [2.45, 2.75) is 48.5 Å². The molecule has 0 bridgehead atoms. The zero-order chi connectivity index (χ0) is 14.7. The Morgan fingerprint density at radius 2 is 1.10 bits per heavy atom. The van der Waals surface area contributed by atoms with Crippen LogP contribution in [0.4, 0.5) is 0 Å². The van der Waals surface area contributed by atoms with Gasteiger partial charge in [0.1, 0.15) is 0 Å². The summed E-state index contributed by atoms with van der Waals surface area (Å²) in [5, 5.41) is 8.76. The Morgan fingerprint density at radius 1 is 0.750 bits per heavy atom. The summed E-state index contributed by atoms with van der Waals surface area (Å²) in [6.45, 7) is 15.3. The molecule has 1 N–H and O–H groups in total.